The summed E-state index contributed by atoms with van der Waals surface area (Å²) in [6.07, 6.45) is 0. The van der Waals surface area contributed by atoms with E-state index in [1.165, 1.54) is 16.9 Å². The average Bonchev–Trinajstić information content (AvgIpc) is 3.26. The molecule has 3 aromatic rings. The van der Waals surface area contributed by atoms with Gasteiger partial charge in [0.2, 0.25) is 6.79 Å². The van der Waals surface area contributed by atoms with Crippen molar-refractivity contribution < 1.29 is 14.3 Å². The van der Waals surface area contributed by atoms with E-state index in [1.54, 1.807) is 23.6 Å². The van der Waals surface area contributed by atoms with E-state index in [1.807, 2.05) is 19.1 Å². The van der Waals surface area contributed by atoms with Crippen LogP contribution in [0.2, 0.25) is 0 Å². The predicted molar refractivity (Wildman–Crippen MR) is 102 cm³/mol. The molecule has 0 saturated carbocycles. The average molecular weight is 367 g/mol. The van der Waals surface area contributed by atoms with Gasteiger partial charge in [-0.15, -0.1) is 11.3 Å². The Bertz CT molecular complexity index is 984. The molecule has 0 unspecified atom stereocenters. The maximum atomic E-state index is 12.4. The zero-order valence-corrected chi connectivity index (χ0v) is 15.1. The van der Waals surface area contributed by atoms with Crippen molar-refractivity contribution in [3.63, 3.8) is 0 Å². The van der Waals surface area contributed by atoms with Crippen molar-refractivity contribution in [1.29, 1.82) is 0 Å². The third-order valence-electron chi connectivity index (χ3n) is 3.99. The maximum absolute atomic E-state index is 12.4. The molecule has 4 rings (SSSR count). The van der Waals surface area contributed by atoms with Gasteiger partial charge in [0, 0.05) is 22.8 Å². The number of anilines is 3. The minimum Gasteiger partial charge on any atom is -0.454 e. The van der Waals surface area contributed by atoms with Gasteiger partial charge in [-0.3, -0.25) is 4.79 Å². The topological polar surface area (TPSA) is 72.5 Å². The molecule has 1 amide bonds. The molecule has 1 aliphatic rings. The number of hydrogen-bond donors (Lipinski definition) is 2. The van der Waals surface area contributed by atoms with Crippen molar-refractivity contribution in [1.82, 2.24) is 4.98 Å². The molecule has 0 fully saturated rings. The first-order valence-corrected chi connectivity index (χ1v) is 8.97. The van der Waals surface area contributed by atoms with Crippen LogP contribution in [0.3, 0.4) is 0 Å². The summed E-state index contributed by atoms with van der Waals surface area (Å²) in [5.74, 6) is 1.03. The number of benzene rings is 2. The van der Waals surface area contributed by atoms with Crippen molar-refractivity contribution in [2.45, 2.75) is 13.8 Å². The van der Waals surface area contributed by atoms with Gasteiger partial charge in [0.25, 0.3) is 5.91 Å². The highest BCUT2D eigenvalue weighted by Gasteiger charge is 2.16. The third kappa shape index (κ3) is 3.34. The summed E-state index contributed by atoms with van der Waals surface area (Å²) in [6, 6.07) is 11.4. The largest absolute Gasteiger partial charge is 0.454 e. The van der Waals surface area contributed by atoms with Gasteiger partial charge in [-0.25, -0.2) is 4.98 Å². The molecular formula is C19H17N3O3S. The number of carbonyl (C=O) groups is 1. The maximum Gasteiger partial charge on any atom is 0.275 e. The van der Waals surface area contributed by atoms with Crippen molar-refractivity contribution in [2.24, 2.45) is 0 Å². The molecule has 1 aromatic heterocycles. The minimum atomic E-state index is -0.270. The van der Waals surface area contributed by atoms with E-state index in [0.717, 1.165) is 11.3 Å². The van der Waals surface area contributed by atoms with Gasteiger partial charge in [0.1, 0.15) is 5.69 Å². The van der Waals surface area contributed by atoms with Gasteiger partial charge in [0.15, 0.2) is 16.6 Å². The van der Waals surface area contributed by atoms with Crippen LogP contribution in [0.4, 0.5) is 16.5 Å². The van der Waals surface area contributed by atoms with E-state index in [4.69, 9.17) is 9.47 Å². The molecule has 0 bridgehead atoms. The fourth-order valence-corrected chi connectivity index (χ4v) is 3.38. The van der Waals surface area contributed by atoms with Crippen molar-refractivity contribution >= 4 is 33.8 Å². The lowest BCUT2D eigenvalue weighted by Gasteiger charge is -2.07. The van der Waals surface area contributed by atoms with E-state index >= 15 is 0 Å². The van der Waals surface area contributed by atoms with E-state index in [9.17, 15) is 4.79 Å². The molecule has 26 heavy (non-hydrogen) atoms. The van der Waals surface area contributed by atoms with Crippen LogP contribution in [-0.4, -0.2) is 17.7 Å². The van der Waals surface area contributed by atoms with E-state index < -0.39 is 0 Å². The zero-order chi connectivity index (χ0) is 18.1. The fourth-order valence-electron chi connectivity index (χ4n) is 2.67. The quantitative estimate of drug-likeness (QED) is 0.711. The van der Waals surface area contributed by atoms with Crippen molar-refractivity contribution in [3.05, 3.63) is 58.6 Å². The Labute approximate surface area is 154 Å². The number of ether oxygens (including phenoxy) is 2. The number of thiazole rings is 1. The van der Waals surface area contributed by atoms with Gasteiger partial charge >= 0.3 is 0 Å². The fraction of sp³-hybridized carbons (Fsp3) is 0.158. The number of carbonyl (C=O) groups excluding carboxylic acids is 1. The predicted octanol–water partition coefficient (Wildman–Crippen LogP) is 4.48. The smallest absolute Gasteiger partial charge is 0.275 e. The molecular weight excluding hydrogens is 350 g/mol. The van der Waals surface area contributed by atoms with Crippen LogP contribution < -0.4 is 20.1 Å². The Hall–Kier alpha value is -3.06. The lowest BCUT2D eigenvalue weighted by molar-refractivity contribution is 0.102. The molecule has 0 aliphatic carbocycles. The first-order valence-electron chi connectivity index (χ1n) is 8.09. The molecule has 2 heterocycles. The lowest BCUT2D eigenvalue weighted by Crippen LogP contribution is -2.12. The number of hydrogen-bond acceptors (Lipinski definition) is 6. The Kier molecular flexibility index (Phi) is 4.22. The molecule has 7 heteroatoms. The normalized spacial score (nSPS) is 12.1. The minimum absolute atomic E-state index is 0.201. The van der Waals surface area contributed by atoms with Crippen molar-refractivity contribution in [2.75, 3.05) is 17.4 Å². The molecule has 0 radical (unpaired) electrons. The molecule has 1 aliphatic heterocycles. The van der Waals surface area contributed by atoms with Gasteiger partial charge in [-0.2, -0.15) is 0 Å². The highest BCUT2D eigenvalue weighted by molar-refractivity contribution is 7.14. The van der Waals surface area contributed by atoms with Crippen molar-refractivity contribution in [3.8, 4) is 11.5 Å². The number of amides is 1. The summed E-state index contributed by atoms with van der Waals surface area (Å²) >= 11 is 1.39. The first kappa shape index (κ1) is 16.4. The highest BCUT2D eigenvalue weighted by Crippen LogP contribution is 2.34. The monoisotopic (exact) mass is 367 g/mol. The Morgan fingerprint density at radius 2 is 1.96 bits per heavy atom. The second-order valence-corrected chi connectivity index (χ2v) is 6.86. The second kappa shape index (κ2) is 6.68. The van der Waals surface area contributed by atoms with Gasteiger partial charge in [-0.1, -0.05) is 17.7 Å². The second-order valence-electron chi connectivity index (χ2n) is 6.00. The number of nitrogens with zero attached hydrogens (tertiary/aromatic N) is 1. The van der Waals surface area contributed by atoms with Crippen LogP contribution in [0.1, 0.15) is 21.6 Å². The molecule has 2 N–H and O–H groups in total. The zero-order valence-electron chi connectivity index (χ0n) is 14.3. The number of rotatable bonds is 4. The number of aromatic nitrogens is 1. The molecule has 6 nitrogen and oxygen atoms in total. The Morgan fingerprint density at radius 3 is 2.81 bits per heavy atom. The van der Waals surface area contributed by atoms with E-state index in [-0.39, 0.29) is 12.7 Å². The highest BCUT2D eigenvalue weighted by atomic mass is 32.1. The summed E-state index contributed by atoms with van der Waals surface area (Å²) in [5.41, 5.74) is 4.31. The summed E-state index contributed by atoms with van der Waals surface area (Å²) in [4.78, 5) is 16.8. The van der Waals surface area contributed by atoms with Crippen LogP contribution >= 0.6 is 11.3 Å². The lowest BCUT2D eigenvalue weighted by atomic mass is 10.1. The summed E-state index contributed by atoms with van der Waals surface area (Å²) in [5, 5.41) is 8.49. The van der Waals surface area contributed by atoms with Crippen LogP contribution in [0.25, 0.3) is 0 Å². The van der Waals surface area contributed by atoms with Gasteiger partial charge < -0.3 is 20.1 Å². The number of aryl methyl sites for hydroxylation is 2. The Balaban J connectivity index is 1.46. The van der Waals surface area contributed by atoms with Crippen LogP contribution in [0.15, 0.2) is 41.8 Å². The van der Waals surface area contributed by atoms with Gasteiger partial charge in [-0.05, 0) is 37.6 Å². The molecule has 132 valence electrons. The number of nitrogens with one attached hydrogen (secondary N) is 2. The van der Waals surface area contributed by atoms with Gasteiger partial charge in [0.05, 0.1) is 0 Å². The molecule has 0 spiro atoms. The van der Waals surface area contributed by atoms with Crippen LogP contribution in [-0.2, 0) is 0 Å². The third-order valence-corrected chi connectivity index (χ3v) is 4.75. The number of fused-ring (bicyclic) bond motifs is 1. The Morgan fingerprint density at radius 1 is 1.12 bits per heavy atom. The molecule has 0 atom stereocenters. The van der Waals surface area contributed by atoms with Crippen LogP contribution in [0, 0.1) is 13.8 Å². The van der Waals surface area contributed by atoms with Crippen LogP contribution in [0.5, 0.6) is 11.5 Å². The summed E-state index contributed by atoms with van der Waals surface area (Å²) in [6.45, 7) is 4.29. The summed E-state index contributed by atoms with van der Waals surface area (Å²) < 4.78 is 10.6. The standard InChI is InChI=1S/C19H17N3O3S/c1-11-3-5-14(12(2)7-11)21-19-22-15(9-26-19)18(23)20-13-4-6-16-17(8-13)25-10-24-16/h3-9H,10H2,1-2H3,(H,20,23)(H,21,22). The first-order chi connectivity index (χ1) is 12.6. The van der Waals surface area contributed by atoms with E-state index in [2.05, 4.69) is 28.6 Å². The molecule has 2 aromatic carbocycles. The van der Waals surface area contributed by atoms with E-state index in [0.29, 0.717) is 28.0 Å². The molecule has 0 saturated heterocycles. The SMILES string of the molecule is Cc1ccc(Nc2nc(C(=O)Nc3ccc4c(c3)OCO4)cs2)c(C)c1. The summed E-state index contributed by atoms with van der Waals surface area (Å²) in [7, 11) is 0.